The summed E-state index contributed by atoms with van der Waals surface area (Å²) < 4.78 is 6.22. The van der Waals surface area contributed by atoms with Crippen molar-refractivity contribution in [3.63, 3.8) is 0 Å². The summed E-state index contributed by atoms with van der Waals surface area (Å²) in [6, 6.07) is 5.72. The highest BCUT2D eigenvalue weighted by atomic mass is 35.5. The van der Waals surface area contributed by atoms with Gasteiger partial charge in [-0.3, -0.25) is 4.79 Å². The quantitative estimate of drug-likeness (QED) is 0.889. The van der Waals surface area contributed by atoms with Crippen molar-refractivity contribution in [2.75, 3.05) is 12.4 Å². The van der Waals surface area contributed by atoms with Crippen molar-refractivity contribution in [1.29, 1.82) is 0 Å². The largest absolute Gasteiger partial charge is 0.497 e. The number of anilines is 1. The molecule has 7 heteroatoms. The Kier molecular flexibility index (Phi) is 4.49. The maximum Gasteiger partial charge on any atom is 0.231 e. The van der Waals surface area contributed by atoms with Gasteiger partial charge in [-0.2, -0.15) is 0 Å². The highest BCUT2D eigenvalue weighted by molar-refractivity contribution is 7.22. The Bertz CT molecular complexity index is 733. The molecule has 1 aromatic carbocycles. The molecule has 2 bridgehead atoms. The van der Waals surface area contributed by atoms with E-state index in [1.165, 1.54) is 17.8 Å². The maximum absolute atomic E-state index is 12.6. The van der Waals surface area contributed by atoms with Crippen molar-refractivity contribution in [3.05, 3.63) is 18.2 Å². The zero-order chi connectivity index (χ0) is 15.3. The number of nitrogens with one attached hydrogen (secondary N) is 1. The number of benzene rings is 1. The molecule has 3 N–H and O–H groups in total. The maximum atomic E-state index is 12.6. The standard InChI is InChI=1S/C16H19N3O2S.ClH/c1-21-10-4-5-11-12(7-10)22-16(18-11)19-15(20)13-8-2-3-9(6-8)14(13)17;/h4-5,7-9,13-14H,2-3,6,17H2,1H3,(H,18,19,20);1H. The number of rotatable bonds is 3. The molecule has 2 aliphatic carbocycles. The van der Waals surface area contributed by atoms with E-state index in [2.05, 4.69) is 10.3 Å². The average Bonchev–Trinajstić information content (AvgIpc) is 3.19. The van der Waals surface area contributed by atoms with Crippen LogP contribution < -0.4 is 15.8 Å². The van der Waals surface area contributed by atoms with E-state index in [0.717, 1.165) is 28.8 Å². The summed E-state index contributed by atoms with van der Waals surface area (Å²) in [5.41, 5.74) is 7.11. The minimum Gasteiger partial charge on any atom is -0.497 e. The van der Waals surface area contributed by atoms with Gasteiger partial charge in [0.05, 0.1) is 23.2 Å². The second-order valence-electron chi connectivity index (χ2n) is 6.28. The van der Waals surface area contributed by atoms with E-state index in [1.54, 1.807) is 7.11 Å². The first-order chi connectivity index (χ1) is 10.7. The molecule has 2 saturated carbocycles. The molecule has 2 aromatic rings. The van der Waals surface area contributed by atoms with E-state index < -0.39 is 0 Å². The Morgan fingerprint density at radius 3 is 2.87 bits per heavy atom. The molecule has 0 saturated heterocycles. The summed E-state index contributed by atoms with van der Waals surface area (Å²) in [7, 11) is 1.64. The summed E-state index contributed by atoms with van der Waals surface area (Å²) in [6.45, 7) is 0. The van der Waals surface area contributed by atoms with Crippen LogP contribution in [-0.4, -0.2) is 24.0 Å². The number of amides is 1. The Morgan fingerprint density at radius 1 is 1.39 bits per heavy atom. The van der Waals surface area contributed by atoms with E-state index in [0.29, 0.717) is 17.0 Å². The predicted molar refractivity (Wildman–Crippen MR) is 94.3 cm³/mol. The molecule has 2 fully saturated rings. The van der Waals surface area contributed by atoms with Gasteiger partial charge in [0, 0.05) is 6.04 Å². The Labute approximate surface area is 145 Å². The molecule has 0 radical (unpaired) electrons. The first-order valence-corrected chi connectivity index (χ1v) is 8.48. The van der Waals surface area contributed by atoms with Crippen molar-refractivity contribution >= 4 is 45.0 Å². The van der Waals surface area contributed by atoms with Gasteiger partial charge in [0.2, 0.25) is 5.91 Å². The van der Waals surface area contributed by atoms with Crippen LogP contribution in [0.25, 0.3) is 10.2 Å². The lowest BCUT2D eigenvalue weighted by atomic mass is 9.84. The Hall–Kier alpha value is -1.37. The number of nitrogens with two attached hydrogens (primary N) is 1. The van der Waals surface area contributed by atoms with Gasteiger partial charge in [-0.05, 0) is 49.3 Å². The summed E-state index contributed by atoms with van der Waals surface area (Å²) in [6.07, 6.45) is 3.42. The van der Waals surface area contributed by atoms with Gasteiger partial charge in [-0.1, -0.05) is 11.3 Å². The molecule has 124 valence electrons. The molecule has 1 amide bonds. The number of halogens is 1. The van der Waals surface area contributed by atoms with Crippen molar-refractivity contribution in [2.45, 2.75) is 25.3 Å². The molecular formula is C16H20ClN3O2S. The van der Waals surface area contributed by atoms with Gasteiger partial charge in [0.25, 0.3) is 0 Å². The fourth-order valence-electron chi connectivity index (χ4n) is 4.00. The van der Waals surface area contributed by atoms with E-state index in [9.17, 15) is 4.79 Å². The summed E-state index contributed by atoms with van der Waals surface area (Å²) in [4.78, 5) is 17.0. The summed E-state index contributed by atoms with van der Waals surface area (Å²) in [5, 5.41) is 3.62. The van der Waals surface area contributed by atoms with E-state index in [4.69, 9.17) is 10.5 Å². The van der Waals surface area contributed by atoms with Gasteiger partial charge in [0.1, 0.15) is 5.75 Å². The van der Waals surface area contributed by atoms with Gasteiger partial charge >= 0.3 is 0 Å². The van der Waals surface area contributed by atoms with Crippen molar-refractivity contribution in [2.24, 2.45) is 23.5 Å². The smallest absolute Gasteiger partial charge is 0.231 e. The van der Waals surface area contributed by atoms with Crippen LogP contribution in [0.1, 0.15) is 19.3 Å². The number of aromatic nitrogens is 1. The topological polar surface area (TPSA) is 77.2 Å². The number of thiazole rings is 1. The molecule has 4 unspecified atom stereocenters. The molecule has 4 rings (SSSR count). The van der Waals surface area contributed by atoms with Gasteiger partial charge in [0.15, 0.2) is 5.13 Å². The summed E-state index contributed by atoms with van der Waals surface area (Å²) >= 11 is 1.47. The van der Waals surface area contributed by atoms with Crippen LogP contribution in [-0.2, 0) is 4.79 Å². The fourth-order valence-corrected chi connectivity index (χ4v) is 4.90. The first-order valence-electron chi connectivity index (χ1n) is 7.66. The number of methoxy groups -OCH3 is 1. The number of carbonyl (C=O) groups is 1. The molecule has 1 aromatic heterocycles. The normalized spacial score (nSPS) is 28.6. The fraction of sp³-hybridized carbons (Fsp3) is 0.500. The van der Waals surface area contributed by atoms with Crippen molar-refractivity contribution < 1.29 is 9.53 Å². The molecular weight excluding hydrogens is 334 g/mol. The SMILES string of the molecule is COc1ccc2nc(NC(=O)C3C4CCC(C4)C3N)sc2c1.Cl. The molecule has 4 atom stereocenters. The monoisotopic (exact) mass is 353 g/mol. The van der Waals surface area contributed by atoms with Crippen LogP contribution in [0.5, 0.6) is 5.75 Å². The molecule has 23 heavy (non-hydrogen) atoms. The molecule has 0 aliphatic heterocycles. The van der Waals surface area contributed by atoms with Crippen LogP contribution in [0, 0.1) is 17.8 Å². The number of fused-ring (bicyclic) bond motifs is 3. The lowest BCUT2D eigenvalue weighted by molar-refractivity contribution is -0.121. The molecule has 1 heterocycles. The lowest BCUT2D eigenvalue weighted by Gasteiger charge is -2.26. The lowest BCUT2D eigenvalue weighted by Crippen LogP contribution is -2.42. The zero-order valence-corrected chi connectivity index (χ0v) is 14.5. The van der Waals surface area contributed by atoms with Gasteiger partial charge in [-0.15, -0.1) is 12.4 Å². The molecule has 2 aliphatic rings. The second-order valence-corrected chi connectivity index (χ2v) is 7.31. The Balaban J connectivity index is 0.00000156. The van der Waals surface area contributed by atoms with E-state index in [1.807, 2.05) is 18.2 Å². The molecule has 0 spiro atoms. The number of nitrogens with zero attached hydrogens (tertiary/aromatic N) is 1. The van der Waals surface area contributed by atoms with Crippen LogP contribution in [0.3, 0.4) is 0 Å². The van der Waals surface area contributed by atoms with Crippen molar-refractivity contribution in [3.8, 4) is 5.75 Å². The van der Waals surface area contributed by atoms with Crippen LogP contribution in [0.2, 0.25) is 0 Å². The van der Waals surface area contributed by atoms with Gasteiger partial charge in [-0.25, -0.2) is 4.98 Å². The van der Waals surface area contributed by atoms with Crippen LogP contribution >= 0.6 is 23.7 Å². The number of hydrogen-bond acceptors (Lipinski definition) is 5. The third kappa shape index (κ3) is 2.79. The average molecular weight is 354 g/mol. The highest BCUT2D eigenvalue weighted by Gasteiger charge is 2.49. The third-order valence-electron chi connectivity index (χ3n) is 5.11. The van der Waals surface area contributed by atoms with E-state index in [-0.39, 0.29) is 30.3 Å². The zero-order valence-electron chi connectivity index (χ0n) is 12.8. The van der Waals surface area contributed by atoms with Crippen LogP contribution in [0.4, 0.5) is 5.13 Å². The third-order valence-corrected chi connectivity index (χ3v) is 6.04. The molecule has 5 nitrogen and oxygen atoms in total. The highest BCUT2D eigenvalue weighted by Crippen LogP contribution is 2.48. The summed E-state index contributed by atoms with van der Waals surface area (Å²) in [5.74, 6) is 1.75. The number of carbonyl (C=O) groups excluding carboxylic acids is 1. The number of hydrogen-bond donors (Lipinski definition) is 2. The Morgan fingerprint density at radius 2 is 2.17 bits per heavy atom. The minimum absolute atomic E-state index is 0. The van der Waals surface area contributed by atoms with Gasteiger partial charge < -0.3 is 15.8 Å². The second kappa shape index (κ2) is 6.26. The van der Waals surface area contributed by atoms with Crippen LogP contribution in [0.15, 0.2) is 18.2 Å². The van der Waals surface area contributed by atoms with Crippen molar-refractivity contribution in [1.82, 2.24) is 4.98 Å². The van der Waals surface area contributed by atoms with E-state index >= 15 is 0 Å². The number of ether oxygens (including phenoxy) is 1. The minimum atomic E-state index is -0.0553. The predicted octanol–water partition coefficient (Wildman–Crippen LogP) is 3.04. The first kappa shape index (κ1) is 16.5.